The second-order valence-corrected chi connectivity index (χ2v) is 5.14. The maximum Gasteiger partial charge on any atom is 0.127 e. The Morgan fingerprint density at radius 3 is 2.55 bits per heavy atom. The monoisotopic (exact) mass is 293 g/mol. The molecule has 22 heavy (non-hydrogen) atoms. The SMILES string of the molecule is CCOC(=C(C)Cn1nnc2ccccc21)c1ccccc1. The molecule has 3 rings (SSSR count). The molecule has 0 fully saturated rings. The first kappa shape index (κ1) is 14.3. The third-order valence-electron chi connectivity index (χ3n) is 3.52. The van der Waals surface area contributed by atoms with Gasteiger partial charge in [0.1, 0.15) is 11.3 Å². The van der Waals surface area contributed by atoms with Gasteiger partial charge in [0.15, 0.2) is 0 Å². The minimum atomic E-state index is 0.639. The lowest BCUT2D eigenvalue weighted by Gasteiger charge is -2.13. The van der Waals surface area contributed by atoms with Gasteiger partial charge in [-0.3, -0.25) is 0 Å². The van der Waals surface area contributed by atoms with Crippen LogP contribution in [0, 0.1) is 0 Å². The highest BCUT2D eigenvalue weighted by Crippen LogP contribution is 2.22. The normalized spacial score (nSPS) is 12.3. The first-order valence-electron chi connectivity index (χ1n) is 7.45. The lowest BCUT2D eigenvalue weighted by Crippen LogP contribution is -2.05. The quantitative estimate of drug-likeness (QED) is 0.670. The van der Waals surface area contributed by atoms with Crippen molar-refractivity contribution < 1.29 is 4.74 Å². The summed E-state index contributed by atoms with van der Waals surface area (Å²) in [5, 5.41) is 8.45. The van der Waals surface area contributed by atoms with Gasteiger partial charge in [-0.05, 0) is 31.6 Å². The summed E-state index contributed by atoms with van der Waals surface area (Å²) in [5.74, 6) is 0.919. The van der Waals surface area contributed by atoms with Crippen LogP contribution >= 0.6 is 0 Å². The highest BCUT2D eigenvalue weighted by molar-refractivity contribution is 5.74. The fraction of sp³-hybridized carbons (Fsp3) is 0.222. The van der Waals surface area contributed by atoms with E-state index in [1.807, 2.05) is 54.1 Å². The molecule has 1 aromatic heterocycles. The second-order valence-electron chi connectivity index (χ2n) is 5.14. The van der Waals surface area contributed by atoms with Gasteiger partial charge in [0.2, 0.25) is 0 Å². The van der Waals surface area contributed by atoms with Gasteiger partial charge >= 0.3 is 0 Å². The van der Waals surface area contributed by atoms with Crippen LogP contribution in [0.3, 0.4) is 0 Å². The number of para-hydroxylation sites is 1. The fourth-order valence-electron chi connectivity index (χ4n) is 2.52. The number of hydrogen-bond acceptors (Lipinski definition) is 3. The minimum absolute atomic E-state index is 0.639. The summed E-state index contributed by atoms with van der Waals surface area (Å²) < 4.78 is 7.78. The Hall–Kier alpha value is -2.62. The average molecular weight is 293 g/mol. The Bertz CT molecular complexity index is 790. The van der Waals surface area contributed by atoms with E-state index < -0.39 is 0 Å². The summed E-state index contributed by atoms with van der Waals surface area (Å²) in [6.07, 6.45) is 0. The van der Waals surface area contributed by atoms with Crippen molar-refractivity contribution in [1.82, 2.24) is 15.0 Å². The van der Waals surface area contributed by atoms with Crippen molar-refractivity contribution in [3.63, 3.8) is 0 Å². The van der Waals surface area contributed by atoms with E-state index in [1.54, 1.807) is 0 Å². The van der Waals surface area contributed by atoms with Crippen LogP contribution in [0.25, 0.3) is 16.8 Å². The molecule has 0 atom stereocenters. The van der Waals surface area contributed by atoms with Crippen molar-refractivity contribution >= 4 is 16.8 Å². The van der Waals surface area contributed by atoms with Gasteiger partial charge in [0, 0.05) is 5.56 Å². The van der Waals surface area contributed by atoms with Gasteiger partial charge in [0.05, 0.1) is 18.7 Å². The lowest BCUT2D eigenvalue weighted by molar-refractivity contribution is 0.294. The molecule has 2 aromatic carbocycles. The summed E-state index contributed by atoms with van der Waals surface area (Å²) >= 11 is 0. The number of ether oxygens (including phenoxy) is 1. The Kier molecular flexibility index (Phi) is 4.19. The van der Waals surface area contributed by atoms with E-state index in [-0.39, 0.29) is 0 Å². The Morgan fingerprint density at radius 1 is 1.05 bits per heavy atom. The molecule has 0 radical (unpaired) electrons. The maximum absolute atomic E-state index is 5.87. The van der Waals surface area contributed by atoms with Crippen LogP contribution in [0.1, 0.15) is 19.4 Å². The van der Waals surface area contributed by atoms with Crippen molar-refractivity contribution in [2.24, 2.45) is 0 Å². The molecule has 0 N–H and O–H groups in total. The molecule has 4 heteroatoms. The molecule has 0 unspecified atom stereocenters. The van der Waals surface area contributed by atoms with Gasteiger partial charge < -0.3 is 4.74 Å². The van der Waals surface area contributed by atoms with Crippen molar-refractivity contribution in [3.05, 3.63) is 65.7 Å². The van der Waals surface area contributed by atoms with E-state index in [0.717, 1.165) is 27.9 Å². The minimum Gasteiger partial charge on any atom is -0.493 e. The lowest BCUT2D eigenvalue weighted by atomic mass is 10.1. The molecule has 0 saturated carbocycles. The number of nitrogens with zero attached hydrogens (tertiary/aromatic N) is 3. The number of rotatable bonds is 5. The topological polar surface area (TPSA) is 39.9 Å². The zero-order valence-electron chi connectivity index (χ0n) is 12.9. The number of hydrogen-bond donors (Lipinski definition) is 0. The first-order chi connectivity index (χ1) is 10.8. The first-order valence-corrected chi connectivity index (χ1v) is 7.45. The van der Waals surface area contributed by atoms with Crippen molar-refractivity contribution in [3.8, 4) is 0 Å². The second kappa shape index (κ2) is 6.43. The van der Waals surface area contributed by atoms with Crippen molar-refractivity contribution in [2.75, 3.05) is 6.61 Å². The number of aromatic nitrogens is 3. The van der Waals surface area contributed by atoms with Crippen LogP contribution in [0.4, 0.5) is 0 Å². The molecule has 3 aromatic rings. The molecule has 0 saturated heterocycles. The molecular weight excluding hydrogens is 274 g/mol. The van der Waals surface area contributed by atoms with Crippen molar-refractivity contribution in [1.29, 1.82) is 0 Å². The fourth-order valence-corrected chi connectivity index (χ4v) is 2.52. The molecule has 0 bridgehead atoms. The Balaban J connectivity index is 1.97. The Morgan fingerprint density at radius 2 is 1.77 bits per heavy atom. The van der Waals surface area contributed by atoms with Crippen molar-refractivity contribution in [2.45, 2.75) is 20.4 Å². The summed E-state index contributed by atoms with van der Waals surface area (Å²) in [6.45, 7) is 5.37. The van der Waals surface area contributed by atoms with E-state index in [0.29, 0.717) is 13.2 Å². The van der Waals surface area contributed by atoms with E-state index in [2.05, 4.69) is 29.4 Å². The zero-order chi connectivity index (χ0) is 15.4. The molecule has 0 aliphatic heterocycles. The number of benzene rings is 2. The van der Waals surface area contributed by atoms with Gasteiger partial charge in [-0.1, -0.05) is 47.7 Å². The summed E-state index contributed by atoms with van der Waals surface area (Å²) in [6, 6.07) is 18.2. The molecule has 112 valence electrons. The largest absolute Gasteiger partial charge is 0.493 e. The van der Waals surface area contributed by atoms with Crippen LogP contribution < -0.4 is 0 Å². The highest BCUT2D eigenvalue weighted by Gasteiger charge is 2.10. The number of fused-ring (bicyclic) bond motifs is 1. The van der Waals surface area contributed by atoms with E-state index in [1.165, 1.54) is 0 Å². The third kappa shape index (κ3) is 2.86. The highest BCUT2D eigenvalue weighted by atomic mass is 16.5. The van der Waals surface area contributed by atoms with E-state index >= 15 is 0 Å². The zero-order valence-corrected chi connectivity index (χ0v) is 12.9. The standard InChI is InChI=1S/C18H19N3O/c1-3-22-18(15-9-5-4-6-10-15)14(2)13-21-17-12-8-7-11-16(17)19-20-21/h4-12H,3,13H2,1-2H3. The summed E-state index contributed by atoms with van der Waals surface area (Å²) in [7, 11) is 0. The predicted molar refractivity (Wildman–Crippen MR) is 88.2 cm³/mol. The molecule has 0 aliphatic rings. The van der Waals surface area contributed by atoms with Crippen LogP contribution in [-0.2, 0) is 11.3 Å². The van der Waals surface area contributed by atoms with Gasteiger partial charge in [-0.15, -0.1) is 5.10 Å². The van der Waals surface area contributed by atoms with Crippen LogP contribution in [-0.4, -0.2) is 21.6 Å². The maximum atomic E-state index is 5.87. The van der Waals surface area contributed by atoms with E-state index in [9.17, 15) is 0 Å². The van der Waals surface area contributed by atoms with Gasteiger partial charge in [-0.25, -0.2) is 4.68 Å². The molecule has 0 aliphatic carbocycles. The number of allylic oxidation sites excluding steroid dienone is 1. The van der Waals surface area contributed by atoms with Gasteiger partial charge in [0.25, 0.3) is 0 Å². The molecule has 0 spiro atoms. The summed E-state index contributed by atoms with van der Waals surface area (Å²) in [5.41, 5.74) is 4.16. The molecule has 4 nitrogen and oxygen atoms in total. The summed E-state index contributed by atoms with van der Waals surface area (Å²) in [4.78, 5) is 0. The van der Waals surface area contributed by atoms with Crippen LogP contribution in [0.15, 0.2) is 60.2 Å². The Labute approximate surface area is 130 Å². The average Bonchev–Trinajstić information content (AvgIpc) is 2.96. The molecule has 0 amide bonds. The molecular formula is C18H19N3O. The van der Waals surface area contributed by atoms with Crippen LogP contribution in [0.2, 0.25) is 0 Å². The third-order valence-corrected chi connectivity index (χ3v) is 3.52. The smallest absolute Gasteiger partial charge is 0.127 e. The van der Waals surface area contributed by atoms with Gasteiger partial charge in [-0.2, -0.15) is 0 Å². The van der Waals surface area contributed by atoms with E-state index in [4.69, 9.17) is 4.74 Å². The van der Waals surface area contributed by atoms with Crippen LogP contribution in [0.5, 0.6) is 0 Å². The predicted octanol–water partition coefficient (Wildman–Crippen LogP) is 3.90. The molecule has 1 heterocycles.